The Morgan fingerprint density at radius 1 is 0.800 bits per heavy atom. The van der Waals surface area contributed by atoms with Crippen LogP contribution in [0, 0.1) is 11.8 Å². The fourth-order valence-corrected chi connectivity index (χ4v) is 2.68. The zero-order chi connectivity index (χ0) is 15.2. The molecule has 0 aliphatic carbocycles. The normalized spacial score (nSPS) is 12.8. The highest BCUT2D eigenvalue weighted by molar-refractivity contribution is 5.69. The maximum Gasteiger partial charge on any atom is 0.306 e. The van der Waals surface area contributed by atoms with Crippen LogP contribution < -0.4 is 0 Å². The van der Waals surface area contributed by atoms with Gasteiger partial charge < -0.3 is 5.11 Å². The molecule has 0 aliphatic rings. The van der Waals surface area contributed by atoms with Crippen molar-refractivity contribution in [2.24, 2.45) is 11.8 Å². The fourth-order valence-electron chi connectivity index (χ4n) is 2.68. The molecule has 2 heteroatoms. The SMILES string of the molecule is CCCCCCC(CCCCCCCC(C)C)C(=O)O. The second-order valence-electron chi connectivity index (χ2n) is 6.62. The lowest BCUT2D eigenvalue weighted by molar-refractivity contribution is -0.142. The van der Waals surface area contributed by atoms with E-state index in [2.05, 4.69) is 20.8 Å². The molecule has 0 saturated carbocycles. The maximum atomic E-state index is 11.2. The maximum absolute atomic E-state index is 11.2. The minimum Gasteiger partial charge on any atom is -0.481 e. The molecule has 0 aromatic heterocycles. The van der Waals surface area contributed by atoms with Gasteiger partial charge in [0.15, 0.2) is 0 Å². The Labute approximate surface area is 126 Å². The van der Waals surface area contributed by atoms with Crippen molar-refractivity contribution >= 4 is 5.97 Å². The predicted molar refractivity (Wildman–Crippen MR) is 87.0 cm³/mol. The number of carboxylic acid groups (broad SMARTS) is 1. The molecular formula is C18H36O2. The molecule has 0 fully saturated rings. The first-order valence-electron chi connectivity index (χ1n) is 8.80. The average molecular weight is 284 g/mol. The van der Waals surface area contributed by atoms with Gasteiger partial charge in [0.25, 0.3) is 0 Å². The van der Waals surface area contributed by atoms with Crippen LogP contribution in [-0.2, 0) is 4.79 Å². The minimum absolute atomic E-state index is 0.0949. The molecule has 0 rings (SSSR count). The van der Waals surface area contributed by atoms with Crippen molar-refractivity contribution in [3.8, 4) is 0 Å². The topological polar surface area (TPSA) is 37.3 Å². The van der Waals surface area contributed by atoms with Crippen LogP contribution in [0.2, 0.25) is 0 Å². The third kappa shape index (κ3) is 12.5. The van der Waals surface area contributed by atoms with Gasteiger partial charge in [-0.2, -0.15) is 0 Å². The highest BCUT2D eigenvalue weighted by Gasteiger charge is 2.15. The molecule has 120 valence electrons. The first-order chi connectivity index (χ1) is 9.57. The van der Waals surface area contributed by atoms with Gasteiger partial charge in [0, 0.05) is 0 Å². The van der Waals surface area contributed by atoms with Gasteiger partial charge in [-0.3, -0.25) is 4.79 Å². The summed E-state index contributed by atoms with van der Waals surface area (Å²) in [5, 5.41) is 9.23. The number of hydrogen-bond donors (Lipinski definition) is 1. The number of carboxylic acids is 1. The molecule has 1 atom stereocenters. The summed E-state index contributed by atoms with van der Waals surface area (Å²) >= 11 is 0. The van der Waals surface area contributed by atoms with Crippen LogP contribution in [0.15, 0.2) is 0 Å². The Bertz CT molecular complexity index is 223. The second-order valence-corrected chi connectivity index (χ2v) is 6.62. The van der Waals surface area contributed by atoms with Crippen molar-refractivity contribution < 1.29 is 9.90 Å². The predicted octanol–water partition coefficient (Wildman–Crippen LogP) is 6.04. The highest BCUT2D eigenvalue weighted by Crippen LogP contribution is 2.19. The quantitative estimate of drug-likeness (QED) is 0.394. The van der Waals surface area contributed by atoms with E-state index in [-0.39, 0.29) is 5.92 Å². The molecule has 0 bridgehead atoms. The first-order valence-corrected chi connectivity index (χ1v) is 8.80. The second kappa shape index (κ2) is 13.5. The summed E-state index contributed by atoms with van der Waals surface area (Å²) in [5.41, 5.74) is 0. The van der Waals surface area contributed by atoms with Gasteiger partial charge in [0.1, 0.15) is 0 Å². The van der Waals surface area contributed by atoms with Gasteiger partial charge in [0.05, 0.1) is 5.92 Å². The minimum atomic E-state index is -0.582. The lowest BCUT2D eigenvalue weighted by Crippen LogP contribution is -2.13. The van der Waals surface area contributed by atoms with Crippen molar-refractivity contribution in [1.82, 2.24) is 0 Å². The van der Waals surface area contributed by atoms with Crippen molar-refractivity contribution in [3.63, 3.8) is 0 Å². The number of rotatable bonds is 14. The lowest BCUT2D eigenvalue weighted by Gasteiger charge is -2.12. The van der Waals surface area contributed by atoms with Crippen LogP contribution in [-0.4, -0.2) is 11.1 Å². The Balaban J connectivity index is 3.53. The third-order valence-corrected chi connectivity index (χ3v) is 4.09. The van der Waals surface area contributed by atoms with Crippen LogP contribution in [0.1, 0.15) is 97.8 Å². The van der Waals surface area contributed by atoms with E-state index in [1.807, 2.05) is 0 Å². The Morgan fingerprint density at radius 3 is 1.70 bits per heavy atom. The largest absolute Gasteiger partial charge is 0.481 e. The summed E-state index contributed by atoms with van der Waals surface area (Å²) in [6.45, 7) is 6.74. The summed E-state index contributed by atoms with van der Waals surface area (Å²) in [7, 11) is 0. The van der Waals surface area contributed by atoms with Crippen molar-refractivity contribution in [2.75, 3.05) is 0 Å². The smallest absolute Gasteiger partial charge is 0.306 e. The van der Waals surface area contributed by atoms with Gasteiger partial charge in [-0.15, -0.1) is 0 Å². The van der Waals surface area contributed by atoms with Crippen LogP contribution >= 0.6 is 0 Å². The van der Waals surface area contributed by atoms with Crippen molar-refractivity contribution in [3.05, 3.63) is 0 Å². The van der Waals surface area contributed by atoms with E-state index < -0.39 is 5.97 Å². The monoisotopic (exact) mass is 284 g/mol. The van der Waals surface area contributed by atoms with E-state index >= 15 is 0 Å². The van der Waals surface area contributed by atoms with Gasteiger partial charge in [-0.05, 0) is 18.8 Å². The summed E-state index contributed by atoms with van der Waals surface area (Å²) < 4.78 is 0. The molecule has 0 amide bonds. The molecule has 0 aromatic rings. The molecule has 0 spiro atoms. The molecule has 0 heterocycles. The Hall–Kier alpha value is -0.530. The third-order valence-electron chi connectivity index (χ3n) is 4.09. The molecular weight excluding hydrogens is 248 g/mol. The van der Waals surface area contributed by atoms with Gasteiger partial charge >= 0.3 is 5.97 Å². The van der Waals surface area contributed by atoms with Gasteiger partial charge in [-0.1, -0.05) is 85.0 Å². The summed E-state index contributed by atoms with van der Waals surface area (Å²) in [5.74, 6) is 0.137. The molecule has 0 aliphatic heterocycles. The first kappa shape index (κ1) is 19.5. The highest BCUT2D eigenvalue weighted by atomic mass is 16.4. The van der Waals surface area contributed by atoms with E-state index in [9.17, 15) is 9.90 Å². The molecule has 20 heavy (non-hydrogen) atoms. The average Bonchev–Trinajstić information content (AvgIpc) is 2.39. The van der Waals surface area contributed by atoms with Crippen molar-refractivity contribution in [1.29, 1.82) is 0 Å². The number of carbonyl (C=O) groups is 1. The van der Waals surface area contributed by atoms with Crippen LogP contribution in [0.5, 0.6) is 0 Å². The number of unbranched alkanes of at least 4 members (excludes halogenated alkanes) is 7. The fraction of sp³-hybridized carbons (Fsp3) is 0.944. The molecule has 0 aromatic carbocycles. The summed E-state index contributed by atoms with van der Waals surface area (Å²) in [4.78, 5) is 11.2. The molecule has 0 radical (unpaired) electrons. The number of hydrogen-bond acceptors (Lipinski definition) is 1. The van der Waals surface area contributed by atoms with E-state index in [0.717, 1.165) is 31.6 Å². The van der Waals surface area contributed by atoms with Crippen LogP contribution in [0.3, 0.4) is 0 Å². The van der Waals surface area contributed by atoms with E-state index in [1.54, 1.807) is 0 Å². The molecule has 1 N–H and O–H groups in total. The van der Waals surface area contributed by atoms with Crippen molar-refractivity contribution in [2.45, 2.75) is 97.8 Å². The number of aliphatic carboxylic acids is 1. The lowest BCUT2D eigenvalue weighted by atomic mass is 9.94. The zero-order valence-electron chi connectivity index (χ0n) is 14.0. The van der Waals surface area contributed by atoms with E-state index in [0.29, 0.717) is 0 Å². The van der Waals surface area contributed by atoms with Gasteiger partial charge in [0.2, 0.25) is 0 Å². The zero-order valence-corrected chi connectivity index (χ0v) is 14.0. The molecule has 2 nitrogen and oxygen atoms in total. The van der Waals surface area contributed by atoms with E-state index in [4.69, 9.17) is 0 Å². The summed E-state index contributed by atoms with van der Waals surface area (Å²) in [6.07, 6.45) is 14.0. The Morgan fingerprint density at radius 2 is 1.25 bits per heavy atom. The van der Waals surface area contributed by atoms with Gasteiger partial charge in [-0.25, -0.2) is 0 Å². The standard InChI is InChI=1S/C18H36O2/c1-4-5-6-11-14-17(18(19)20)15-12-9-7-8-10-13-16(2)3/h16-17H,4-15H2,1-3H3,(H,19,20). The molecule has 0 saturated heterocycles. The Kier molecular flexibility index (Phi) is 13.1. The van der Waals surface area contributed by atoms with E-state index in [1.165, 1.54) is 51.4 Å². The summed E-state index contributed by atoms with van der Waals surface area (Å²) in [6, 6.07) is 0. The molecule has 1 unspecified atom stereocenters. The van der Waals surface area contributed by atoms with Crippen LogP contribution in [0.25, 0.3) is 0 Å². The van der Waals surface area contributed by atoms with Crippen LogP contribution in [0.4, 0.5) is 0 Å².